The lowest BCUT2D eigenvalue weighted by Gasteiger charge is -2.37. The summed E-state index contributed by atoms with van der Waals surface area (Å²) in [5.41, 5.74) is 2.73. The maximum atomic E-state index is 12.2. The van der Waals surface area contributed by atoms with Crippen molar-refractivity contribution in [1.82, 2.24) is 20.0 Å². The molecular weight excluding hydrogens is 232 g/mol. The molecule has 0 radical (unpaired) electrons. The Kier molecular flexibility index (Phi) is 3.73. The minimum absolute atomic E-state index is 0.0778. The molecule has 1 unspecified atom stereocenters. The summed E-state index contributed by atoms with van der Waals surface area (Å²) in [7, 11) is 2.06. The molecule has 0 saturated carbocycles. The normalized spacial score (nSPS) is 20.8. The van der Waals surface area contributed by atoms with E-state index in [4.69, 9.17) is 5.84 Å². The van der Waals surface area contributed by atoms with E-state index in [2.05, 4.69) is 34.5 Å². The second kappa shape index (κ2) is 5.28. The van der Waals surface area contributed by atoms with Crippen LogP contribution >= 0.6 is 0 Å². The van der Waals surface area contributed by atoms with Gasteiger partial charge in [0.15, 0.2) is 11.5 Å². The van der Waals surface area contributed by atoms with Gasteiger partial charge in [-0.25, -0.2) is 5.84 Å². The number of hydrazine groups is 1. The van der Waals surface area contributed by atoms with E-state index >= 15 is 0 Å². The van der Waals surface area contributed by atoms with Crippen LogP contribution in [0.15, 0.2) is 12.1 Å². The summed E-state index contributed by atoms with van der Waals surface area (Å²) in [6, 6.07) is 3.63. The third-order valence-corrected chi connectivity index (χ3v) is 3.28. The van der Waals surface area contributed by atoms with Gasteiger partial charge in [0.05, 0.1) is 0 Å². The van der Waals surface area contributed by atoms with Gasteiger partial charge >= 0.3 is 0 Å². The van der Waals surface area contributed by atoms with E-state index < -0.39 is 0 Å². The Balaban J connectivity index is 2.06. The fourth-order valence-electron chi connectivity index (χ4n) is 1.92. The molecule has 0 aliphatic carbocycles. The number of rotatable bonds is 2. The summed E-state index contributed by atoms with van der Waals surface area (Å²) in [6.45, 7) is 4.42. The highest BCUT2D eigenvalue weighted by Gasteiger charge is 2.25. The number of hydrogen-bond acceptors (Lipinski definition) is 6. The number of anilines is 1. The van der Waals surface area contributed by atoms with Crippen molar-refractivity contribution in [2.24, 2.45) is 5.84 Å². The van der Waals surface area contributed by atoms with Crippen molar-refractivity contribution in [1.29, 1.82) is 0 Å². The molecule has 18 heavy (non-hydrogen) atoms. The number of nitrogens with zero attached hydrogens (tertiary/aromatic N) is 4. The first-order valence-corrected chi connectivity index (χ1v) is 5.91. The van der Waals surface area contributed by atoms with Gasteiger partial charge in [0, 0.05) is 25.7 Å². The molecule has 2 rings (SSSR count). The number of nitrogens with one attached hydrogen (secondary N) is 1. The fraction of sp³-hybridized carbons (Fsp3) is 0.545. The van der Waals surface area contributed by atoms with Crippen molar-refractivity contribution in [2.45, 2.75) is 13.0 Å². The van der Waals surface area contributed by atoms with Crippen LogP contribution in [0.3, 0.4) is 0 Å². The van der Waals surface area contributed by atoms with Crippen molar-refractivity contribution >= 4 is 11.7 Å². The molecule has 0 bridgehead atoms. The predicted octanol–water partition coefficient (Wildman–Crippen LogP) is -0.462. The van der Waals surface area contributed by atoms with Crippen LogP contribution in [-0.2, 0) is 0 Å². The van der Waals surface area contributed by atoms with Crippen LogP contribution in [0.5, 0.6) is 0 Å². The van der Waals surface area contributed by atoms with Gasteiger partial charge in [0.25, 0.3) is 5.91 Å². The summed E-state index contributed by atoms with van der Waals surface area (Å²) in [6.07, 6.45) is 0. The van der Waals surface area contributed by atoms with E-state index in [1.165, 1.54) is 0 Å². The Morgan fingerprint density at radius 2 is 2.22 bits per heavy atom. The van der Waals surface area contributed by atoms with E-state index in [-0.39, 0.29) is 5.91 Å². The van der Waals surface area contributed by atoms with Gasteiger partial charge in [-0.1, -0.05) is 0 Å². The van der Waals surface area contributed by atoms with E-state index in [1.54, 1.807) is 12.1 Å². The molecule has 0 spiro atoms. The lowest BCUT2D eigenvalue weighted by Crippen LogP contribution is -2.52. The maximum absolute atomic E-state index is 12.2. The number of carbonyl (C=O) groups excluding carboxylic acids is 1. The van der Waals surface area contributed by atoms with E-state index in [0.29, 0.717) is 24.1 Å². The number of hydrogen-bond donors (Lipinski definition) is 2. The molecule has 1 aliphatic heterocycles. The second-order valence-corrected chi connectivity index (χ2v) is 4.53. The van der Waals surface area contributed by atoms with Crippen LogP contribution in [0, 0.1) is 0 Å². The highest BCUT2D eigenvalue weighted by atomic mass is 16.2. The van der Waals surface area contributed by atoms with E-state index in [9.17, 15) is 4.79 Å². The summed E-state index contributed by atoms with van der Waals surface area (Å²) >= 11 is 0. The molecule has 1 aliphatic rings. The van der Waals surface area contributed by atoms with Gasteiger partial charge in [-0.2, -0.15) is 0 Å². The van der Waals surface area contributed by atoms with E-state index in [1.807, 2.05) is 4.90 Å². The molecule has 1 atom stereocenters. The highest BCUT2D eigenvalue weighted by molar-refractivity contribution is 5.92. The molecule has 2 heterocycles. The molecule has 1 fully saturated rings. The lowest BCUT2D eigenvalue weighted by atomic mass is 10.2. The third kappa shape index (κ3) is 2.57. The zero-order valence-electron chi connectivity index (χ0n) is 10.6. The van der Waals surface area contributed by atoms with Crippen LogP contribution in [0.1, 0.15) is 17.4 Å². The molecule has 7 heteroatoms. The SMILES string of the molecule is CC1CN(C(=O)c2ccc(NN)nn2)CCN1C. The number of likely N-dealkylation sites (N-methyl/N-ethyl adjacent to an activating group) is 1. The van der Waals surface area contributed by atoms with Crippen molar-refractivity contribution in [3.05, 3.63) is 17.8 Å². The topological polar surface area (TPSA) is 87.4 Å². The minimum atomic E-state index is -0.0778. The fourth-order valence-corrected chi connectivity index (χ4v) is 1.92. The Morgan fingerprint density at radius 3 is 2.78 bits per heavy atom. The predicted molar refractivity (Wildman–Crippen MR) is 67.8 cm³/mol. The lowest BCUT2D eigenvalue weighted by molar-refractivity contribution is 0.0566. The average Bonchev–Trinajstić information content (AvgIpc) is 2.41. The molecular formula is C11H18N6O. The third-order valence-electron chi connectivity index (χ3n) is 3.28. The van der Waals surface area contributed by atoms with Gasteiger partial charge in [-0.15, -0.1) is 10.2 Å². The molecule has 3 N–H and O–H groups in total. The molecule has 1 saturated heterocycles. The number of amides is 1. The first-order valence-electron chi connectivity index (χ1n) is 5.91. The highest BCUT2D eigenvalue weighted by Crippen LogP contribution is 2.10. The molecule has 7 nitrogen and oxygen atoms in total. The minimum Gasteiger partial charge on any atom is -0.334 e. The number of nitrogen functional groups attached to an aromatic ring is 1. The van der Waals surface area contributed by atoms with Crippen LogP contribution in [0.4, 0.5) is 5.82 Å². The largest absolute Gasteiger partial charge is 0.334 e. The summed E-state index contributed by atoms with van der Waals surface area (Å²) in [4.78, 5) is 16.2. The van der Waals surface area contributed by atoms with Crippen molar-refractivity contribution in [2.75, 3.05) is 32.1 Å². The quantitative estimate of drug-likeness (QED) is 0.545. The maximum Gasteiger partial charge on any atom is 0.274 e. The van der Waals surface area contributed by atoms with Crippen LogP contribution in [-0.4, -0.2) is 58.6 Å². The number of aromatic nitrogens is 2. The first kappa shape index (κ1) is 12.7. The Bertz CT molecular complexity index is 420. The summed E-state index contributed by atoms with van der Waals surface area (Å²) < 4.78 is 0. The first-order chi connectivity index (χ1) is 8.61. The summed E-state index contributed by atoms with van der Waals surface area (Å²) in [5.74, 6) is 5.56. The number of carbonyl (C=O) groups is 1. The van der Waals surface area contributed by atoms with E-state index in [0.717, 1.165) is 13.1 Å². The monoisotopic (exact) mass is 250 g/mol. The average molecular weight is 250 g/mol. The smallest absolute Gasteiger partial charge is 0.274 e. The van der Waals surface area contributed by atoms with Gasteiger partial charge in [-0.3, -0.25) is 4.79 Å². The zero-order chi connectivity index (χ0) is 13.1. The van der Waals surface area contributed by atoms with Crippen molar-refractivity contribution in [3.8, 4) is 0 Å². The van der Waals surface area contributed by atoms with Crippen molar-refractivity contribution in [3.63, 3.8) is 0 Å². The van der Waals surface area contributed by atoms with Crippen LogP contribution in [0.2, 0.25) is 0 Å². The Labute approximate surface area is 106 Å². The summed E-state index contributed by atoms with van der Waals surface area (Å²) in [5, 5.41) is 7.67. The van der Waals surface area contributed by atoms with Crippen molar-refractivity contribution < 1.29 is 4.79 Å². The number of piperazine rings is 1. The van der Waals surface area contributed by atoms with Gasteiger partial charge < -0.3 is 15.2 Å². The van der Waals surface area contributed by atoms with Gasteiger partial charge in [0.2, 0.25) is 0 Å². The van der Waals surface area contributed by atoms with Gasteiger partial charge in [-0.05, 0) is 26.1 Å². The molecule has 1 amide bonds. The standard InChI is InChI=1S/C11H18N6O/c1-8-7-17(6-5-16(8)2)11(18)9-3-4-10(13-12)15-14-9/h3-4,8H,5-7,12H2,1-2H3,(H,13,15). The number of nitrogens with two attached hydrogens (primary N) is 1. The zero-order valence-corrected chi connectivity index (χ0v) is 10.6. The van der Waals surface area contributed by atoms with Gasteiger partial charge in [0.1, 0.15) is 0 Å². The molecule has 0 aromatic carbocycles. The molecule has 1 aromatic heterocycles. The van der Waals surface area contributed by atoms with Crippen LogP contribution < -0.4 is 11.3 Å². The van der Waals surface area contributed by atoms with Crippen LogP contribution in [0.25, 0.3) is 0 Å². The Morgan fingerprint density at radius 1 is 1.44 bits per heavy atom. The second-order valence-electron chi connectivity index (χ2n) is 4.53. The Hall–Kier alpha value is -1.73. The molecule has 1 aromatic rings. The molecule has 98 valence electrons.